The molecule has 272 valence electrons. The summed E-state index contributed by atoms with van der Waals surface area (Å²) >= 11 is 6.76. The van der Waals surface area contributed by atoms with Crippen molar-refractivity contribution in [2.75, 3.05) is 33.2 Å². The number of likely N-dealkylation sites (N-methyl/N-ethyl adjacent to an activating group) is 1. The van der Waals surface area contributed by atoms with Gasteiger partial charge in [-0.2, -0.15) is 0 Å². The molecular formula is C36H52ClN3O9. The van der Waals surface area contributed by atoms with Gasteiger partial charge in [0.15, 0.2) is 5.72 Å². The van der Waals surface area contributed by atoms with Gasteiger partial charge in [0.05, 0.1) is 25.3 Å². The van der Waals surface area contributed by atoms with Crippen LogP contribution in [0.5, 0.6) is 5.75 Å². The Morgan fingerprint density at radius 3 is 2.57 bits per heavy atom. The lowest BCUT2D eigenvalue weighted by molar-refractivity contribution is -0.160. The van der Waals surface area contributed by atoms with Gasteiger partial charge in [-0.25, -0.2) is 4.79 Å². The first-order valence-corrected chi connectivity index (χ1v) is 17.2. The number of methoxy groups -OCH3 is 2. The average molecular weight is 706 g/mol. The molecule has 8 atom stereocenters. The fourth-order valence-electron chi connectivity index (χ4n) is 6.80. The summed E-state index contributed by atoms with van der Waals surface area (Å²) in [7, 11) is 6.45. The molecule has 0 aliphatic carbocycles. The summed E-state index contributed by atoms with van der Waals surface area (Å²) in [6.45, 7) is 11.5. The number of benzene rings is 1. The van der Waals surface area contributed by atoms with Gasteiger partial charge in [-0.1, -0.05) is 49.2 Å². The first-order valence-electron chi connectivity index (χ1n) is 16.8. The third kappa shape index (κ3) is 8.26. The van der Waals surface area contributed by atoms with E-state index in [0.29, 0.717) is 24.3 Å². The Bertz CT molecular complexity index is 1470. The molecule has 2 fully saturated rings. The molecule has 3 heterocycles. The zero-order valence-corrected chi connectivity index (χ0v) is 31.0. The van der Waals surface area contributed by atoms with Gasteiger partial charge in [-0.15, -0.1) is 0 Å². The lowest BCUT2D eigenvalue weighted by atomic mass is 9.83. The number of esters is 1. The minimum atomic E-state index is -1.78. The zero-order valence-electron chi connectivity index (χ0n) is 30.2. The topological polar surface area (TPSA) is 139 Å². The maximum atomic E-state index is 14.1. The van der Waals surface area contributed by atoms with Crippen LogP contribution in [0.15, 0.2) is 35.9 Å². The van der Waals surface area contributed by atoms with Crippen LogP contribution in [0.4, 0.5) is 10.5 Å². The van der Waals surface area contributed by atoms with E-state index >= 15 is 0 Å². The number of hydrogen-bond acceptors (Lipinski definition) is 10. The summed E-state index contributed by atoms with van der Waals surface area (Å²) in [4.78, 5) is 44.0. The van der Waals surface area contributed by atoms with E-state index < -0.39 is 59.8 Å². The van der Waals surface area contributed by atoms with Crippen molar-refractivity contribution in [2.24, 2.45) is 5.92 Å². The molecular weight excluding hydrogens is 654 g/mol. The third-order valence-electron chi connectivity index (χ3n) is 10.2. The van der Waals surface area contributed by atoms with Crippen LogP contribution in [0.3, 0.4) is 0 Å². The smallest absolute Gasteiger partial charge is 0.409 e. The van der Waals surface area contributed by atoms with Gasteiger partial charge in [-0.3, -0.25) is 19.8 Å². The van der Waals surface area contributed by atoms with E-state index in [4.69, 9.17) is 35.3 Å². The normalized spacial score (nSPS) is 33.1. The van der Waals surface area contributed by atoms with Gasteiger partial charge >= 0.3 is 12.1 Å². The third-order valence-corrected chi connectivity index (χ3v) is 10.6. The highest BCUT2D eigenvalue weighted by molar-refractivity contribution is 6.35. The van der Waals surface area contributed by atoms with Gasteiger partial charge in [0.25, 0.3) is 0 Å². The first-order chi connectivity index (χ1) is 23.0. The summed E-state index contributed by atoms with van der Waals surface area (Å²) in [5, 5.41) is 14.5. The highest BCUT2D eigenvalue weighted by atomic mass is 35.5. The van der Waals surface area contributed by atoms with Crippen molar-refractivity contribution in [3.63, 3.8) is 0 Å². The van der Waals surface area contributed by atoms with E-state index in [1.54, 1.807) is 26.1 Å². The van der Waals surface area contributed by atoms with Crippen LogP contribution in [-0.2, 0) is 35.0 Å². The molecule has 3 aliphatic heterocycles. The van der Waals surface area contributed by atoms with Crippen LogP contribution in [-0.4, -0.2) is 104 Å². The fraction of sp³-hybridized carbons (Fsp3) is 0.639. The second-order valence-electron chi connectivity index (χ2n) is 13.9. The molecule has 2 amide bonds. The zero-order chi connectivity index (χ0) is 36.4. The van der Waals surface area contributed by atoms with E-state index in [1.807, 2.05) is 64.8 Å². The Kier molecular flexibility index (Phi) is 12.1. The first kappa shape index (κ1) is 38.6. The average Bonchev–Trinajstić information content (AvgIpc) is 3.74. The highest BCUT2D eigenvalue weighted by Crippen LogP contribution is 2.49. The lowest BCUT2D eigenvalue weighted by Crippen LogP contribution is -2.63. The van der Waals surface area contributed by atoms with Crippen molar-refractivity contribution in [3.8, 4) is 5.75 Å². The van der Waals surface area contributed by atoms with Crippen LogP contribution >= 0.6 is 11.6 Å². The predicted octanol–water partition coefficient (Wildman–Crippen LogP) is 4.79. The number of anilines is 1. The van der Waals surface area contributed by atoms with Crippen molar-refractivity contribution in [3.05, 3.63) is 46.5 Å². The number of halogens is 1. The van der Waals surface area contributed by atoms with Gasteiger partial charge in [-0.05, 0) is 65.3 Å². The Hall–Kier alpha value is -3.16. The number of nitrogens with zero attached hydrogens (tertiary/aromatic N) is 2. The minimum absolute atomic E-state index is 0.00522. The standard InChI is InChI=1S/C36H52ClN3O9/c1-11-24(39(7)20(2)3)33(42)48-29-18-30(41)40(8)25-16-23(17-26(45-9)31(25)37)15-21(4)13-12-14-28(46-10)36(44)19-27(47-34(43)38-36)22(5)32-35(29,6)49-32/h12-14,16-17,20,22,24,27-29,32,44H,11,15,18-19H2,1-10H3,(H,38,43)/b14-12+,21-13+/t22-,24+,27?,28-,29+,32?,35+,36+/m1/s1. The number of rotatable bonds is 7. The maximum absolute atomic E-state index is 14.1. The quantitative estimate of drug-likeness (QED) is 0.301. The van der Waals surface area contributed by atoms with E-state index in [2.05, 4.69) is 5.32 Å². The van der Waals surface area contributed by atoms with Crippen molar-refractivity contribution in [1.29, 1.82) is 0 Å². The Labute approximate surface area is 294 Å². The maximum Gasteiger partial charge on any atom is 0.409 e. The number of alkyl carbamates (subject to hydrolysis) is 1. The molecule has 0 spiro atoms. The van der Waals surface area contributed by atoms with E-state index in [-0.39, 0.29) is 29.8 Å². The van der Waals surface area contributed by atoms with Crippen molar-refractivity contribution >= 4 is 35.3 Å². The summed E-state index contributed by atoms with van der Waals surface area (Å²) in [5.41, 5.74) is -0.651. The molecule has 1 aromatic carbocycles. The SMILES string of the molecule is CC[C@@H](C(=O)O[C@H]1CC(=O)N(C)c2cc(cc(OC)c2Cl)C/C(C)=C/C=C/[C@@H](OC)[C@@]2(O)CC(OC(=O)N2)[C@@H](C)C2O[C@]21C)N(C)C(C)C. The Balaban J connectivity index is 1.80. The molecule has 12 nitrogen and oxygen atoms in total. The number of allylic oxidation sites excluding steroid dienone is 3. The summed E-state index contributed by atoms with van der Waals surface area (Å²) in [5.74, 6) is -0.879. The molecule has 4 bridgehead atoms. The molecule has 13 heteroatoms. The van der Waals surface area contributed by atoms with Gasteiger partial charge in [0, 0.05) is 32.5 Å². The summed E-state index contributed by atoms with van der Waals surface area (Å²) in [6, 6.07) is 3.18. The van der Waals surface area contributed by atoms with Crippen molar-refractivity contribution in [1.82, 2.24) is 10.2 Å². The number of ether oxygens (including phenoxy) is 5. The molecule has 2 N–H and O–H groups in total. The molecule has 49 heavy (non-hydrogen) atoms. The molecule has 2 unspecified atom stereocenters. The largest absolute Gasteiger partial charge is 0.495 e. The monoisotopic (exact) mass is 705 g/mol. The number of amides is 2. The Morgan fingerprint density at radius 1 is 1.27 bits per heavy atom. The van der Waals surface area contributed by atoms with E-state index in [0.717, 1.165) is 11.1 Å². The van der Waals surface area contributed by atoms with Gasteiger partial charge in [0.1, 0.15) is 40.7 Å². The number of fused-ring (bicyclic) bond motifs is 5. The van der Waals surface area contributed by atoms with Crippen LogP contribution in [0.25, 0.3) is 0 Å². The Morgan fingerprint density at radius 2 is 1.96 bits per heavy atom. The molecule has 1 aromatic rings. The van der Waals surface area contributed by atoms with E-state index in [1.165, 1.54) is 19.1 Å². The molecule has 4 rings (SSSR count). The van der Waals surface area contributed by atoms with Crippen LogP contribution in [0, 0.1) is 5.92 Å². The second kappa shape index (κ2) is 15.4. The minimum Gasteiger partial charge on any atom is -0.495 e. The number of carbonyl (C=O) groups is 3. The summed E-state index contributed by atoms with van der Waals surface area (Å²) < 4.78 is 29.4. The highest BCUT2D eigenvalue weighted by Gasteiger charge is 2.64. The molecule has 0 aromatic heterocycles. The molecule has 2 saturated heterocycles. The molecule has 3 aliphatic rings. The van der Waals surface area contributed by atoms with Crippen molar-refractivity contribution < 1.29 is 43.2 Å². The van der Waals surface area contributed by atoms with Crippen LogP contribution in [0.1, 0.15) is 66.4 Å². The van der Waals surface area contributed by atoms with Crippen LogP contribution < -0.4 is 15.0 Å². The number of epoxide rings is 1. The van der Waals surface area contributed by atoms with Gasteiger partial charge < -0.3 is 33.7 Å². The molecule has 0 saturated carbocycles. The fourth-order valence-corrected chi connectivity index (χ4v) is 7.12. The van der Waals surface area contributed by atoms with Crippen LogP contribution in [0.2, 0.25) is 5.02 Å². The number of aliphatic hydroxyl groups is 1. The predicted molar refractivity (Wildman–Crippen MR) is 186 cm³/mol. The number of hydrogen-bond donors (Lipinski definition) is 2. The van der Waals surface area contributed by atoms with Gasteiger partial charge in [0.2, 0.25) is 5.91 Å². The number of nitrogens with one attached hydrogen (secondary N) is 1. The molecule has 0 radical (unpaired) electrons. The van der Waals surface area contributed by atoms with E-state index in [9.17, 15) is 19.5 Å². The van der Waals surface area contributed by atoms with Crippen molar-refractivity contribution in [2.45, 2.75) is 115 Å². The summed E-state index contributed by atoms with van der Waals surface area (Å²) in [6.07, 6.45) is 2.03. The lowest BCUT2D eigenvalue weighted by Gasteiger charge is -2.42. The number of carbonyl (C=O) groups excluding carboxylic acids is 3. The second-order valence-corrected chi connectivity index (χ2v) is 14.3.